The summed E-state index contributed by atoms with van der Waals surface area (Å²) in [7, 11) is 0. The molecule has 0 saturated heterocycles. The number of halogens is 2. The van der Waals surface area contributed by atoms with Crippen molar-refractivity contribution in [3.63, 3.8) is 0 Å². The number of nitrogen functional groups attached to an aromatic ring is 1. The van der Waals surface area contributed by atoms with Gasteiger partial charge in [0, 0.05) is 33.3 Å². The molecular weight excluding hydrogens is 362 g/mol. The van der Waals surface area contributed by atoms with Gasteiger partial charge >= 0.3 is 0 Å². The van der Waals surface area contributed by atoms with Gasteiger partial charge in [-0.25, -0.2) is 4.98 Å². The lowest BCUT2D eigenvalue weighted by molar-refractivity contribution is 0.0987. The number of hydrogen-bond donors (Lipinski definition) is 1. The number of ketones is 1. The zero-order valence-electron chi connectivity index (χ0n) is 9.23. The highest BCUT2D eigenvalue weighted by Crippen LogP contribution is 2.21. The van der Waals surface area contributed by atoms with Crippen LogP contribution in [0.3, 0.4) is 0 Å². The smallest absolute Gasteiger partial charge is 0.186 e. The summed E-state index contributed by atoms with van der Waals surface area (Å²) < 4.78 is 1.47. The molecule has 0 unspecified atom stereocenters. The fourth-order valence-corrected chi connectivity index (χ4v) is 2.69. The second-order valence-electron chi connectivity index (χ2n) is 3.63. The Balaban J connectivity index is 2.25. The number of carbonyl (C=O) groups excluding carboxylic acids is 1. The summed E-state index contributed by atoms with van der Waals surface area (Å²) >= 11 is 6.61. The predicted octanol–water partition coefficient (Wildman–Crippen LogP) is 3.01. The molecule has 2 aromatic rings. The van der Waals surface area contributed by atoms with Crippen molar-refractivity contribution in [3.8, 4) is 0 Å². The van der Waals surface area contributed by atoms with Gasteiger partial charge in [-0.1, -0.05) is 6.07 Å². The van der Waals surface area contributed by atoms with Gasteiger partial charge in [-0.2, -0.15) is 0 Å². The second-order valence-corrected chi connectivity index (χ2v) is 5.40. The summed E-state index contributed by atoms with van der Waals surface area (Å²) in [6, 6.07) is 5.32. The quantitative estimate of drug-likeness (QED) is 0.843. The first-order valence-corrected chi connectivity index (χ1v) is 6.70. The molecule has 2 rings (SSSR count). The van der Waals surface area contributed by atoms with E-state index in [2.05, 4.69) is 41.8 Å². The summed E-state index contributed by atoms with van der Waals surface area (Å²) in [5.41, 5.74) is 6.80. The van der Waals surface area contributed by atoms with Gasteiger partial charge in [0.1, 0.15) is 11.5 Å². The lowest BCUT2D eigenvalue weighted by Gasteiger charge is -2.05. The van der Waals surface area contributed by atoms with Crippen molar-refractivity contribution in [2.45, 2.75) is 6.42 Å². The van der Waals surface area contributed by atoms with Crippen molar-refractivity contribution in [1.29, 1.82) is 0 Å². The number of Topliss-reactive ketones (excluding diaryl/α,β-unsaturated/α-hetero) is 1. The van der Waals surface area contributed by atoms with Crippen LogP contribution in [-0.4, -0.2) is 15.8 Å². The lowest BCUT2D eigenvalue weighted by Crippen LogP contribution is -2.09. The van der Waals surface area contributed by atoms with Crippen molar-refractivity contribution in [1.82, 2.24) is 9.97 Å². The highest BCUT2D eigenvalue weighted by molar-refractivity contribution is 9.11. The van der Waals surface area contributed by atoms with Crippen LogP contribution in [0, 0.1) is 0 Å². The zero-order chi connectivity index (χ0) is 13.1. The average molecular weight is 371 g/mol. The molecule has 0 aliphatic heterocycles. The molecule has 92 valence electrons. The summed E-state index contributed by atoms with van der Waals surface area (Å²) in [4.78, 5) is 20.2. The fraction of sp³-hybridized carbons (Fsp3) is 0.0833. The number of nitrogens with zero attached hydrogens (tertiary/aromatic N) is 2. The number of hydrogen-bond acceptors (Lipinski definition) is 4. The molecule has 0 bridgehead atoms. The van der Waals surface area contributed by atoms with Crippen LogP contribution in [-0.2, 0) is 6.42 Å². The minimum absolute atomic E-state index is 0.103. The van der Waals surface area contributed by atoms with Crippen LogP contribution in [0.25, 0.3) is 0 Å². The predicted molar refractivity (Wildman–Crippen MR) is 76.3 cm³/mol. The van der Waals surface area contributed by atoms with Crippen molar-refractivity contribution in [2.24, 2.45) is 0 Å². The van der Waals surface area contributed by atoms with Crippen LogP contribution >= 0.6 is 31.9 Å². The molecule has 0 fully saturated rings. The molecular formula is C12H9Br2N3O. The average Bonchev–Trinajstić information content (AvgIpc) is 2.32. The summed E-state index contributed by atoms with van der Waals surface area (Å²) in [5.74, 6) is 0.271. The molecule has 6 heteroatoms. The second kappa shape index (κ2) is 5.58. The fourth-order valence-electron chi connectivity index (χ4n) is 1.48. The summed E-state index contributed by atoms with van der Waals surface area (Å²) in [6.45, 7) is 0. The first-order valence-electron chi connectivity index (χ1n) is 5.11. The Morgan fingerprint density at radius 3 is 2.78 bits per heavy atom. The van der Waals surface area contributed by atoms with E-state index in [1.807, 2.05) is 0 Å². The van der Waals surface area contributed by atoms with Crippen LogP contribution in [0.1, 0.15) is 16.1 Å². The monoisotopic (exact) mass is 369 g/mol. The van der Waals surface area contributed by atoms with Crippen molar-refractivity contribution < 1.29 is 4.79 Å². The third-order valence-corrected chi connectivity index (χ3v) is 3.39. The zero-order valence-corrected chi connectivity index (χ0v) is 12.4. The molecule has 2 N–H and O–H groups in total. The Hall–Kier alpha value is -1.27. The molecule has 0 spiro atoms. The highest BCUT2D eigenvalue weighted by atomic mass is 79.9. The molecule has 0 radical (unpaired) electrons. The summed E-state index contributed by atoms with van der Waals surface area (Å²) in [5, 5.41) is 0. The standard InChI is InChI=1S/C12H9Br2N3O/c13-8-5-9(14)11(17-6-8)10(18)4-7-2-1-3-16-12(7)15/h1-3,5-6H,4H2,(H2,15,16). The third kappa shape index (κ3) is 2.94. The molecule has 0 aliphatic rings. The van der Waals surface area contributed by atoms with E-state index in [4.69, 9.17) is 5.73 Å². The number of anilines is 1. The Morgan fingerprint density at radius 1 is 1.33 bits per heavy atom. The lowest BCUT2D eigenvalue weighted by atomic mass is 10.1. The topological polar surface area (TPSA) is 68.9 Å². The molecule has 0 amide bonds. The van der Waals surface area contributed by atoms with Crippen molar-refractivity contribution in [2.75, 3.05) is 5.73 Å². The molecule has 0 atom stereocenters. The number of pyridine rings is 2. The highest BCUT2D eigenvalue weighted by Gasteiger charge is 2.14. The van der Waals surface area contributed by atoms with Crippen molar-refractivity contribution >= 4 is 43.5 Å². The Bertz CT molecular complexity index is 602. The maximum atomic E-state index is 12.1. The minimum atomic E-state index is -0.103. The van der Waals surface area contributed by atoms with Crippen LogP contribution < -0.4 is 5.73 Å². The van der Waals surface area contributed by atoms with E-state index < -0.39 is 0 Å². The number of carbonyl (C=O) groups is 1. The molecule has 0 saturated carbocycles. The Labute approximate surface area is 121 Å². The molecule has 2 aromatic heterocycles. The van der Waals surface area contributed by atoms with E-state index >= 15 is 0 Å². The molecule has 2 heterocycles. The molecule has 4 nitrogen and oxygen atoms in total. The largest absolute Gasteiger partial charge is 0.383 e. The van der Waals surface area contributed by atoms with Crippen LogP contribution in [0.2, 0.25) is 0 Å². The maximum Gasteiger partial charge on any atom is 0.186 e. The van der Waals surface area contributed by atoms with Crippen LogP contribution in [0.5, 0.6) is 0 Å². The van der Waals surface area contributed by atoms with Gasteiger partial charge in [0.25, 0.3) is 0 Å². The van der Waals surface area contributed by atoms with E-state index in [1.54, 1.807) is 30.6 Å². The van der Waals surface area contributed by atoms with E-state index in [0.29, 0.717) is 21.5 Å². The van der Waals surface area contributed by atoms with E-state index in [-0.39, 0.29) is 12.2 Å². The van der Waals surface area contributed by atoms with E-state index in [9.17, 15) is 4.79 Å². The maximum absolute atomic E-state index is 12.1. The molecule has 0 aliphatic carbocycles. The van der Waals surface area contributed by atoms with Gasteiger partial charge in [-0.15, -0.1) is 0 Å². The third-order valence-electron chi connectivity index (χ3n) is 2.35. The Morgan fingerprint density at radius 2 is 2.11 bits per heavy atom. The molecule has 18 heavy (non-hydrogen) atoms. The normalized spacial score (nSPS) is 10.3. The van der Waals surface area contributed by atoms with Crippen LogP contribution in [0.15, 0.2) is 39.5 Å². The van der Waals surface area contributed by atoms with Crippen molar-refractivity contribution in [3.05, 3.63) is 50.8 Å². The van der Waals surface area contributed by atoms with Gasteiger partial charge in [0.15, 0.2) is 5.78 Å². The Kier molecular flexibility index (Phi) is 4.08. The first-order chi connectivity index (χ1) is 8.58. The van der Waals surface area contributed by atoms with Gasteiger partial charge in [-0.3, -0.25) is 9.78 Å². The molecule has 0 aromatic carbocycles. The van der Waals surface area contributed by atoms with Crippen LogP contribution in [0.4, 0.5) is 5.82 Å². The minimum Gasteiger partial charge on any atom is -0.383 e. The first kappa shape index (κ1) is 13.2. The van der Waals surface area contributed by atoms with E-state index in [0.717, 1.165) is 4.47 Å². The number of nitrogens with two attached hydrogens (primary N) is 1. The summed E-state index contributed by atoms with van der Waals surface area (Å²) in [6.07, 6.45) is 3.37. The SMILES string of the molecule is Nc1ncccc1CC(=O)c1ncc(Br)cc1Br. The number of rotatable bonds is 3. The van der Waals surface area contributed by atoms with Gasteiger partial charge in [0.2, 0.25) is 0 Å². The number of aromatic nitrogens is 2. The van der Waals surface area contributed by atoms with Gasteiger partial charge < -0.3 is 5.73 Å². The van der Waals surface area contributed by atoms with Gasteiger partial charge in [0.05, 0.1) is 0 Å². The van der Waals surface area contributed by atoms with Gasteiger partial charge in [-0.05, 0) is 44.0 Å². The van der Waals surface area contributed by atoms with E-state index in [1.165, 1.54) is 0 Å².